The molecule has 3 heterocycles. The minimum Gasteiger partial charge on any atom is -0.368 e. The zero-order chi connectivity index (χ0) is 14.8. The van der Waals surface area contributed by atoms with Crippen LogP contribution in [-0.4, -0.2) is 26.2 Å². The molecule has 1 N–H and O–H groups in total. The van der Waals surface area contributed by atoms with Gasteiger partial charge in [-0.1, -0.05) is 36.4 Å². The SMILES string of the molecule is Cl.c1ccc(-c2c(N3CCNCC3)csc2-c2cccs2)cc1. The lowest BCUT2D eigenvalue weighted by Gasteiger charge is -2.30. The van der Waals surface area contributed by atoms with Gasteiger partial charge in [0.05, 0.1) is 10.6 Å². The third kappa shape index (κ3) is 3.31. The molecule has 0 radical (unpaired) electrons. The molecule has 1 fully saturated rings. The maximum atomic E-state index is 3.44. The molecule has 1 aromatic carbocycles. The molecule has 23 heavy (non-hydrogen) atoms. The molecular weight excluding hydrogens is 344 g/mol. The monoisotopic (exact) mass is 362 g/mol. The molecule has 0 spiro atoms. The third-order valence-electron chi connectivity index (χ3n) is 4.04. The van der Waals surface area contributed by atoms with Crippen LogP contribution in [0.3, 0.4) is 0 Å². The number of piperazine rings is 1. The quantitative estimate of drug-likeness (QED) is 0.707. The molecule has 0 atom stereocenters. The lowest BCUT2D eigenvalue weighted by Crippen LogP contribution is -2.43. The summed E-state index contributed by atoms with van der Waals surface area (Å²) in [7, 11) is 0. The Kier molecular flexibility index (Phi) is 5.38. The van der Waals surface area contributed by atoms with E-state index in [4.69, 9.17) is 0 Å². The molecule has 0 bridgehead atoms. The van der Waals surface area contributed by atoms with Gasteiger partial charge in [0.2, 0.25) is 0 Å². The summed E-state index contributed by atoms with van der Waals surface area (Å²) in [5.74, 6) is 0. The average molecular weight is 363 g/mol. The first kappa shape index (κ1) is 16.5. The molecule has 4 rings (SSSR count). The van der Waals surface area contributed by atoms with Crippen LogP contribution in [0.2, 0.25) is 0 Å². The summed E-state index contributed by atoms with van der Waals surface area (Å²) in [5.41, 5.74) is 4.11. The van der Waals surface area contributed by atoms with Gasteiger partial charge in [-0.25, -0.2) is 0 Å². The molecule has 1 saturated heterocycles. The lowest BCUT2D eigenvalue weighted by atomic mass is 10.0. The first-order valence-corrected chi connectivity index (χ1v) is 9.36. The number of benzene rings is 1. The molecule has 1 aliphatic rings. The highest BCUT2D eigenvalue weighted by atomic mass is 35.5. The summed E-state index contributed by atoms with van der Waals surface area (Å²) in [6.07, 6.45) is 0. The van der Waals surface area contributed by atoms with Crippen LogP contribution in [0.1, 0.15) is 0 Å². The fourth-order valence-corrected chi connectivity index (χ4v) is 4.94. The summed E-state index contributed by atoms with van der Waals surface area (Å²) in [5, 5.41) is 7.94. The molecule has 2 nitrogen and oxygen atoms in total. The number of nitrogens with one attached hydrogen (secondary N) is 1. The summed E-state index contributed by atoms with van der Waals surface area (Å²) in [6, 6.07) is 15.2. The Morgan fingerprint density at radius 3 is 2.39 bits per heavy atom. The van der Waals surface area contributed by atoms with Crippen LogP contribution in [-0.2, 0) is 0 Å². The van der Waals surface area contributed by atoms with Crippen molar-refractivity contribution in [2.24, 2.45) is 0 Å². The van der Waals surface area contributed by atoms with Gasteiger partial charge in [-0.2, -0.15) is 0 Å². The van der Waals surface area contributed by atoms with E-state index in [1.54, 1.807) is 0 Å². The third-order valence-corrected chi connectivity index (χ3v) is 6.05. The van der Waals surface area contributed by atoms with Gasteiger partial charge in [0.25, 0.3) is 0 Å². The highest BCUT2D eigenvalue weighted by Gasteiger charge is 2.21. The molecular formula is C18H19ClN2S2. The number of thiophene rings is 2. The highest BCUT2D eigenvalue weighted by Crippen LogP contribution is 2.46. The van der Waals surface area contributed by atoms with E-state index in [0.29, 0.717) is 0 Å². The fourth-order valence-electron chi connectivity index (χ4n) is 2.96. The molecule has 3 aromatic rings. The van der Waals surface area contributed by atoms with Crippen molar-refractivity contribution >= 4 is 40.8 Å². The van der Waals surface area contributed by atoms with Crippen molar-refractivity contribution in [3.05, 3.63) is 53.2 Å². The second-order valence-electron chi connectivity index (χ2n) is 5.41. The zero-order valence-electron chi connectivity index (χ0n) is 12.7. The van der Waals surface area contributed by atoms with Gasteiger partial charge in [-0.05, 0) is 17.0 Å². The van der Waals surface area contributed by atoms with Crippen molar-refractivity contribution in [1.82, 2.24) is 5.32 Å². The van der Waals surface area contributed by atoms with Crippen molar-refractivity contribution in [3.8, 4) is 20.9 Å². The molecule has 0 unspecified atom stereocenters. The first-order chi connectivity index (χ1) is 10.9. The predicted octanol–water partition coefficient (Wildman–Crippen LogP) is 4.98. The Morgan fingerprint density at radius 2 is 1.70 bits per heavy atom. The topological polar surface area (TPSA) is 15.3 Å². The summed E-state index contributed by atoms with van der Waals surface area (Å²) >= 11 is 3.70. The molecule has 5 heteroatoms. The number of hydrogen-bond donors (Lipinski definition) is 1. The van der Waals surface area contributed by atoms with Gasteiger partial charge in [0.15, 0.2) is 0 Å². The smallest absolute Gasteiger partial charge is 0.0562 e. The molecule has 120 valence electrons. The molecule has 0 amide bonds. The van der Waals surface area contributed by atoms with Crippen LogP contribution < -0.4 is 10.2 Å². The van der Waals surface area contributed by atoms with Crippen LogP contribution in [0.5, 0.6) is 0 Å². The molecule has 1 aliphatic heterocycles. The number of halogens is 1. The van der Waals surface area contributed by atoms with Gasteiger partial charge >= 0.3 is 0 Å². The van der Waals surface area contributed by atoms with Crippen molar-refractivity contribution < 1.29 is 0 Å². The van der Waals surface area contributed by atoms with E-state index in [9.17, 15) is 0 Å². The normalized spacial score (nSPS) is 14.5. The number of rotatable bonds is 3. The van der Waals surface area contributed by atoms with E-state index in [0.717, 1.165) is 26.2 Å². The maximum absolute atomic E-state index is 3.44. The van der Waals surface area contributed by atoms with Crippen LogP contribution >= 0.6 is 35.1 Å². The standard InChI is InChI=1S/C18H18N2S2.ClH/c1-2-5-14(6-3-1)17-15(20-10-8-19-9-11-20)13-22-18(17)16-7-4-12-21-16;/h1-7,12-13,19H,8-11H2;1H. The van der Waals surface area contributed by atoms with Crippen molar-refractivity contribution in [1.29, 1.82) is 0 Å². The Balaban J connectivity index is 0.00000156. The number of hydrogen-bond acceptors (Lipinski definition) is 4. The van der Waals surface area contributed by atoms with E-state index in [1.807, 2.05) is 22.7 Å². The Labute approximate surface area is 151 Å². The van der Waals surface area contributed by atoms with Gasteiger partial charge in [-0.3, -0.25) is 0 Å². The van der Waals surface area contributed by atoms with E-state index < -0.39 is 0 Å². The minimum absolute atomic E-state index is 0. The largest absolute Gasteiger partial charge is 0.368 e. The first-order valence-electron chi connectivity index (χ1n) is 7.60. The Hall–Kier alpha value is -1.33. The minimum atomic E-state index is 0. The highest BCUT2D eigenvalue weighted by molar-refractivity contribution is 7.21. The van der Waals surface area contributed by atoms with Crippen LogP contribution in [0.4, 0.5) is 5.69 Å². The zero-order valence-corrected chi connectivity index (χ0v) is 15.1. The maximum Gasteiger partial charge on any atom is 0.0562 e. The van der Waals surface area contributed by atoms with Gasteiger partial charge in [-0.15, -0.1) is 35.1 Å². The average Bonchev–Trinajstić information content (AvgIpc) is 3.25. The van der Waals surface area contributed by atoms with Gasteiger partial charge in [0, 0.05) is 42.0 Å². The van der Waals surface area contributed by atoms with E-state index >= 15 is 0 Å². The summed E-state index contributed by atoms with van der Waals surface area (Å²) in [4.78, 5) is 5.28. The predicted molar refractivity (Wildman–Crippen MR) is 105 cm³/mol. The summed E-state index contributed by atoms with van der Waals surface area (Å²) in [6.45, 7) is 4.30. The van der Waals surface area contributed by atoms with Crippen molar-refractivity contribution in [2.45, 2.75) is 0 Å². The summed E-state index contributed by atoms with van der Waals surface area (Å²) < 4.78 is 0. The van der Waals surface area contributed by atoms with Gasteiger partial charge in [0.1, 0.15) is 0 Å². The van der Waals surface area contributed by atoms with E-state index in [2.05, 4.69) is 63.4 Å². The van der Waals surface area contributed by atoms with E-state index in [1.165, 1.54) is 26.6 Å². The Morgan fingerprint density at radius 1 is 0.913 bits per heavy atom. The fraction of sp³-hybridized carbons (Fsp3) is 0.222. The van der Waals surface area contributed by atoms with Crippen molar-refractivity contribution in [2.75, 3.05) is 31.1 Å². The number of anilines is 1. The molecule has 2 aromatic heterocycles. The van der Waals surface area contributed by atoms with Crippen LogP contribution in [0, 0.1) is 0 Å². The second kappa shape index (κ2) is 7.49. The molecule has 0 aliphatic carbocycles. The van der Waals surface area contributed by atoms with Crippen molar-refractivity contribution in [3.63, 3.8) is 0 Å². The number of nitrogens with zero attached hydrogens (tertiary/aromatic N) is 1. The van der Waals surface area contributed by atoms with Gasteiger partial charge < -0.3 is 10.2 Å². The van der Waals surface area contributed by atoms with Crippen LogP contribution in [0.15, 0.2) is 53.2 Å². The van der Waals surface area contributed by atoms with E-state index in [-0.39, 0.29) is 12.4 Å². The second-order valence-corrected chi connectivity index (χ2v) is 7.23. The van der Waals surface area contributed by atoms with Crippen LogP contribution in [0.25, 0.3) is 20.9 Å². The molecule has 0 saturated carbocycles. The lowest BCUT2D eigenvalue weighted by molar-refractivity contribution is 0.590. The Bertz CT molecular complexity index is 732.